The molecule has 0 aliphatic heterocycles. The van der Waals surface area contributed by atoms with Gasteiger partial charge in [-0.3, -0.25) is 0 Å². The van der Waals surface area contributed by atoms with Gasteiger partial charge >= 0.3 is 6.36 Å². The molecule has 1 aromatic carbocycles. The highest BCUT2D eigenvalue weighted by Crippen LogP contribution is 2.31. The van der Waals surface area contributed by atoms with Crippen LogP contribution in [0.3, 0.4) is 0 Å². The summed E-state index contributed by atoms with van der Waals surface area (Å²) in [5, 5.41) is 10.2. The van der Waals surface area contributed by atoms with E-state index in [9.17, 15) is 13.2 Å². The fraction of sp³-hybridized carbons (Fsp3) is 0.125. The predicted octanol–water partition coefficient (Wildman–Crippen LogP) is 2.32. The van der Waals surface area contributed by atoms with E-state index in [2.05, 4.69) is 36.2 Å². The average Bonchev–Trinajstić information content (AvgIpc) is 2.68. The maximum absolute atomic E-state index is 12.2. The number of rotatable bonds is 2. The van der Waals surface area contributed by atoms with Crippen molar-refractivity contribution in [3.05, 3.63) is 29.0 Å². The zero-order chi connectivity index (χ0) is 12.5. The molecule has 0 fully saturated rings. The SMILES string of the molecule is FC(F)(F)Oc1cc(Br)ccc1-n1cnnn1. The lowest BCUT2D eigenvalue weighted by Crippen LogP contribution is -2.18. The first-order valence-corrected chi connectivity index (χ1v) is 5.04. The third kappa shape index (κ3) is 2.93. The third-order valence-electron chi connectivity index (χ3n) is 1.74. The lowest BCUT2D eigenvalue weighted by atomic mass is 10.3. The highest BCUT2D eigenvalue weighted by molar-refractivity contribution is 9.10. The van der Waals surface area contributed by atoms with Crippen LogP contribution >= 0.6 is 15.9 Å². The average molecular weight is 309 g/mol. The van der Waals surface area contributed by atoms with Crippen molar-refractivity contribution in [2.45, 2.75) is 6.36 Å². The number of hydrogen-bond acceptors (Lipinski definition) is 4. The van der Waals surface area contributed by atoms with E-state index in [1.165, 1.54) is 18.5 Å². The molecular formula is C8H4BrF3N4O. The zero-order valence-electron chi connectivity index (χ0n) is 8.02. The molecule has 9 heteroatoms. The summed E-state index contributed by atoms with van der Waals surface area (Å²) in [6.07, 6.45) is -3.60. The van der Waals surface area contributed by atoms with Gasteiger partial charge in [-0.1, -0.05) is 15.9 Å². The molecule has 0 amide bonds. The Morgan fingerprint density at radius 1 is 1.29 bits per heavy atom. The van der Waals surface area contributed by atoms with Crippen LogP contribution in [0.5, 0.6) is 5.75 Å². The van der Waals surface area contributed by atoms with Crippen LogP contribution < -0.4 is 4.74 Å². The van der Waals surface area contributed by atoms with Crippen molar-refractivity contribution in [1.82, 2.24) is 20.2 Å². The number of aromatic nitrogens is 4. The molecule has 1 heterocycles. The first-order chi connectivity index (χ1) is 7.96. The minimum atomic E-state index is -4.77. The van der Waals surface area contributed by atoms with Gasteiger partial charge in [0, 0.05) is 4.47 Å². The summed E-state index contributed by atoms with van der Waals surface area (Å²) < 4.78 is 42.0. The van der Waals surface area contributed by atoms with Gasteiger partial charge in [-0.2, -0.15) is 4.68 Å². The van der Waals surface area contributed by atoms with E-state index in [0.29, 0.717) is 4.47 Å². The van der Waals surface area contributed by atoms with E-state index in [-0.39, 0.29) is 11.4 Å². The van der Waals surface area contributed by atoms with Crippen LogP contribution in [0.2, 0.25) is 0 Å². The highest BCUT2D eigenvalue weighted by Gasteiger charge is 2.32. The molecule has 0 unspecified atom stereocenters. The maximum atomic E-state index is 12.2. The van der Waals surface area contributed by atoms with E-state index in [4.69, 9.17) is 0 Å². The van der Waals surface area contributed by atoms with Gasteiger partial charge in [-0.05, 0) is 28.6 Å². The minimum absolute atomic E-state index is 0.0931. The van der Waals surface area contributed by atoms with E-state index in [1.54, 1.807) is 6.07 Å². The fourth-order valence-corrected chi connectivity index (χ4v) is 1.50. The van der Waals surface area contributed by atoms with Crippen molar-refractivity contribution in [3.8, 4) is 11.4 Å². The number of nitrogens with zero attached hydrogens (tertiary/aromatic N) is 4. The number of hydrogen-bond donors (Lipinski definition) is 0. The van der Waals surface area contributed by atoms with Crippen LogP contribution in [-0.4, -0.2) is 26.6 Å². The monoisotopic (exact) mass is 308 g/mol. The second-order valence-electron chi connectivity index (χ2n) is 2.91. The summed E-state index contributed by atoms with van der Waals surface area (Å²) in [6, 6.07) is 4.15. The summed E-state index contributed by atoms with van der Waals surface area (Å²) in [4.78, 5) is 0. The molecular weight excluding hydrogens is 305 g/mol. The van der Waals surface area contributed by atoms with Crippen LogP contribution in [0.4, 0.5) is 13.2 Å². The first-order valence-electron chi connectivity index (χ1n) is 4.24. The van der Waals surface area contributed by atoms with Gasteiger partial charge in [0.05, 0.1) is 0 Å². The molecule has 0 N–H and O–H groups in total. The molecule has 0 radical (unpaired) electrons. The van der Waals surface area contributed by atoms with E-state index >= 15 is 0 Å². The Labute approximate surface area is 101 Å². The van der Waals surface area contributed by atoms with Crippen molar-refractivity contribution in [3.63, 3.8) is 0 Å². The van der Waals surface area contributed by atoms with Gasteiger partial charge in [-0.15, -0.1) is 18.3 Å². The lowest BCUT2D eigenvalue weighted by Gasteiger charge is -2.12. The van der Waals surface area contributed by atoms with Gasteiger partial charge in [0.25, 0.3) is 0 Å². The second-order valence-corrected chi connectivity index (χ2v) is 3.83. The molecule has 0 atom stereocenters. The van der Waals surface area contributed by atoms with Gasteiger partial charge in [0.15, 0.2) is 5.75 Å². The number of benzene rings is 1. The molecule has 2 aromatic rings. The Bertz CT molecular complexity index is 514. The lowest BCUT2D eigenvalue weighted by molar-refractivity contribution is -0.274. The van der Waals surface area contributed by atoms with Crippen LogP contribution in [0.15, 0.2) is 29.0 Å². The van der Waals surface area contributed by atoms with Crippen LogP contribution in [-0.2, 0) is 0 Å². The molecule has 0 aliphatic rings. The summed E-state index contributed by atoms with van der Waals surface area (Å²) in [5.74, 6) is -0.390. The topological polar surface area (TPSA) is 52.8 Å². The standard InChI is InChI=1S/C8H4BrF3N4O/c9-5-1-2-6(16-4-13-14-15-16)7(3-5)17-8(10,11)12/h1-4H. The van der Waals surface area contributed by atoms with Gasteiger partial charge in [0.1, 0.15) is 12.0 Å². The smallest absolute Gasteiger partial charge is 0.403 e. The Morgan fingerprint density at radius 3 is 2.65 bits per heavy atom. The second kappa shape index (κ2) is 4.32. The molecule has 0 bridgehead atoms. The first kappa shape index (κ1) is 11.8. The molecule has 2 rings (SSSR count). The van der Waals surface area contributed by atoms with Crippen LogP contribution in [0.25, 0.3) is 5.69 Å². The molecule has 0 saturated carbocycles. The summed E-state index contributed by atoms with van der Waals surface area (Å²) in [6.45, 7) is 0. The summed E-state index contributed by atoms with van der Waals surface area (Å²) in [5.41, 5.74) is 0.0931. The zero-order valence-corrected chi connectivity index (χ0v) is 9.60. The molecule has 0 aliphatic carbocycles. The number of halogens is 4. The van der Waals surface area contributed by atoms with Gasteiger partial charge in [0.2, 0.25) is 0 Å². The van der Waals surface area contributed by atoms with Crippen molar-refractivity contribution in [2.24, 2.45) is 0 Å². The maximum Gasteiger partial charge on any atom is 0.573 e. The molecule has 90 valence electrons. The number of alkyl halides is 3. The van der Waals surface area contributed by atoms with Crippen molar-refractivity contribution < 1.29 is 17.9 Å². The number of ether oxygens (including phenoxy) is 1. The molecule has 5 nitrogen and oxygen atoms in total. The van der Waals surface area contributed by atoms with Crippen molar-refractivity contribution in [2.75, 3.05) is 0 Å². The van der Waals surface area contributed by atoms with E-state index in [0.717, 1.165) is 4.68 Å². The summed E-state index contributed by atoms with van der Waals surface area (Å²) >= 11 is 3.06. The van der Waals surface area contributed by atoms with Crippen molar-refractivity contribution in [1.29, 1.82) is 0 Å². The number of tetrazole rings is 1. The van der Waals surface area contributed by atoms with Gasteiger partial charge < -0.3 is 4.74 Å². The Morgan fingerprint density at radius 2 is 2.06 bits per heavy atom. The normalized spacial score (nSPS) is 11.5. The highest BCUT2D eigenvalue weighted by atomic mass is 79.9. The summed E-state index contributed by atoms with van der Waals surface area (Å²) in [7, 11) is 0. The quantitative estimate of drug-likeness (QED) is 0.854. The Kier molecular flexibility index (Phi) is 3.01. The van der Waals surface area contributed by atoms with Crippen LogP contribution in [0, 0.1) is 0 Å². The molecule has 1 aromatic heterocycles. The molecule has 17 heavy (non-hydrogen) atoms. The molecule has 0 saturated heterocycles. The van der Waals surface area contributed by atoms with E-state index in [1.807, 2.05) is 0 Å². The fourth-order valence-electron chi connectivity index (χ4n) is 1.16. The Hall–Kier alpha value is -1.64. The van der Waals surface area contributed by atoms with Crippen molar-refractivity contribution >= 4 is 15.9 Å². The predicted molar refractivity (Wildman–Crippen MR) is 53.5 cm³/mol. The Balaban J connectivity index is 2.45. The van der Waals surface area contributed by atoms with Gasteiger partial charge in [-0.25, -0.2) is 0 Å². The largest absolute Gasteiger partial charge is 0.573 e. The third-order valence-corrected chi connectivity index (χ3v) is 2.24. The molecule has 0 spiro atoms. The van der Waals surface area contributed by atoms with Crippen LogP contribution in [0.1, 0.15) is 0 Å². The van der Waals surface area contributed by atoms with E-state index < -0.39 is 6.36 Å². The minimum Gasteiger partial charge on any atom is -0.403 e.